The van der Waals surface area contributed by atoms with E-state index in [0.717, 1.165) is 10.5 Å². The molecule has 0 amide bonds. The molecule has 2 aliphatic heterocycles. The molecule has 2 aliphatic rings. The third-order valence-electron chi connectivity index (χ3n) is 5.94. The van der Waals surface area contributed by atoms with Gasteiger partial charge < -0.3 is 10.5 Å². The third-order valence-corrected chi connectivity index (χ3v) is 8.30. The van der Waals surface area contributed by atoms with E-state index < -0.39 is 26.6 Å². The van der Waals surface area contributed by atoms with Gasteiger partial charge in [0.25, 0.3) is 0 Å². The molecule has 2 aromatic rings. The fourth-order valence-corrected chi connectivity index (χ4v) is 6.08. The molecule has 4 rings (SSSR count). The maximum atomic E-state index is 13.3. The molecule has 0 bridgehead atoms. The van der Waals surface area contributed by atoms with Crippen molar-refractivity contribution in [2.24, 2.45) is 10.7 Å². The number of ether oxygens (including phenoxy) is 1. The summed E-state index contributed by atoms with van der Waals surface area (Å²) in [7, 11) is -2.36. The first kappa shape index (κ1) is 21.2. The molecule has 164 valence electrons. The quantitative estimate of drug-likeness (QED) is 0.721. The van der Waals surface area contributed by atoms with Crippen LogP contribution in [0.15, 0.2) is 35.5 Å². The summed E-state index contributed by atoms with van der Waals surface area (Å²) in [6, 6.07) is 6.46. The Morgan fingerprint density at radius 1 is 1.39 bits per heavy atom. The summed E-state index contributed by atoms with van der Waals surface area (Å²) in [4.78, 5) is 21.2. The Hall–Kier alpha value is -3.01. The van der Waals surface area contributed by atoms with Gasteiger partial charge in [0.1, 0.15) is 28.0 Å². The van der Waals surface area contributed by atoms with Gasteiger partial charge in [-0.1, -0.05) is 6.07 Å². The van der Waals surface area contributed by atoms with Gasteiger partial charge in [-0.15, -0.1) is 0 Å². The summed E-state index contributed by atoms with van der Waals surface area (Å²) in [6.45, 7) is 3.56. The number of ketones is 1. The van der Waals surface area contributed by atoms with E-state index in [1.165, 1.54) is 13.1 Å². The lowest BCUT2D eigenvalue weighted by Gasteiger charge is -2.40. The number of nitrogens with two attached hydrogens (primary N) is 1. The average Bonchev–Trinajstić information content (AvgIpc) is 2.83. The molecule has 8 nitrogen and oxygen atoms in total. The van der Waals surface area contributed by atoms with Crippen molar-refractivity contribution in [3.63, 3.8) is 0 Å². The van der Waals surface area contributed by atoms with Crippen LogP contribution in [0.3, 0.4) is 0 Å². The molecule has 1 aromatic carbocycles. The van der Waals surface area contributed by atoms with E-state index in [9.17, 15) is 17.6 Å². The number of aliphatic imine (C=N–C) groups is 1. The summed E-state index contributed by atoms with van der Waals surface area (Å²) < 4.78 is 46.2. The Bertz CT molecular complexity index is 1210. The van der Waals surface area contributed by atoms with Crippen molar-refractivity contribution in [3.05, 3.63) is 58.7 Å². The zero-order valence-electron chi connectivity index (χ0n) is 17.4. The summed E-state index contributed by atoms with van der Waals surface area (Å²) in [6.07, 6.45) is 1.28. The van der Waals surface area contributed by atoms with E-state index in [1.54, 1.807) is 32.0 Å². The highest BCUT2D eigenvalue weighted by Crippen LogP contribution is 2.45. The lowest BCUT2D eigenvalue weighted by Crippen LogP contribution is -2.56. The average molecular weight is 447 g/mol. The number of rotatable bonds is 3. The lowest BCUT2D eigenvalue weighted by atomic mass is 9.85. The molecular weight excluding hydrogens is 423 g/mol. The summed E-state index contributed by atoms with van der Waals surface area (Å²) in [5, 5.41) is -0.856. The first-order valence-corrected chi connectivity index (χ1v) is 11.3. The van der Waals surface area contributed by atoms with Crippen LogP contribution in [-0.4, -0.2) is 48.4 Å². The van der Waals surface area contributed by atoms with Gasteiger partial charge in [-0.25, -0.2) is 27.1 Å². The predicted octanol–water partition coefficient (Wildman–Crippen LogP) is 1.91. The van der Waals surface area contributed by atoms with Crippen LogP contribution in [0.2, 0.25) is 0 Å². The highest BCUT2D eigenvalue weighted by molar-refractivity contribution is 7.90. The fourth-order valence-electron chi connectivity index (χ4n) is 4.24. The second-order valence-corrected chi connectivity index (χ2v) is 10.2. The van der Waals surface area contributed by atoms with Gasteiger partial charge in [0, 0.05) is 25.5 Å². The molecule has 3 heterocycles. The molecule has 0 fully saturated rings. The Morgan fingerprint density at radius 3 is 2.84 bits per heavy atom. The monoisotopic (exact) mass is 446 g/mol. The number of aryl methyl sites for hydroxylation is 1. The molecule has 2 atom stereocenters. The Balaban J connectivity index is 1.76. The molecular formula is C21H23FN4O4S. The summed E-state index contributed by atoms with van der Waals surface area (Å²) >= 11 is 0. The second kappa shape index (κ2) is 7.30. The van der Waals surface area contributed by atoms with Crippen molar-refractivity contribution in [2.75, 3.05) is 13.7 Å². The van der Waals surface area contributed by atoms with E-state index in [-0.39, 0.29) is 36.9 Å². The number of carbonyl (C=O) groups is 1. The molecule has 0 saturated heterocycles. The van der Waals surface area contributed by atoms with Crippen LogP contribution < -0.4 is 10.5 Å². The van der Waals surface area contributed by atoms with Crippen LogP contribution in [-0.2, 0) is 22.0 Å². The van der Waals surface area contributed by atoms with Crippen molar-refractivity contribution in [1.29, 1.82) is 0 Å². The van der Waals surface area contributed by atoms with Crippen molar-refractivity contribution in [3.8, 4) is 5.75 Å². The highest BCUT2D eigenvalue weighted by Gasteiger charge is 2.52. The van der Waals surface area contributed by atoms with Gasteiger partial charge in [0.15, 0.2) is 5.78 Å². The molecule has 1 aromatic heterocycles. The maximum Gasteiger partial charge on any atom is 0.242 e. The summed E-state index contributed by atoms with van der Waals surface area (Å²) in [5.74, 6) is -0.366. The number of sulfonamides is 1. The lowest BCUT2D eigenvalue weighted by molar-refractivity contribution is 0.0987. The number of aromatic nitrogens is 1. The second-order valence-electron chi connectivity index (χ2n) is 8.01. The first-order valence-electron chi connectivity index (χ1n) is 9.78. The van der Waals surface area contributed by atoms with Gasteiger partial charge in [-0.2, -0.15) is 0 Å². The normalized spacial score (nSPS) is 24.3. The zero-order chi connectivity index (χ0) is 22.6. The number of fused-ring (bicyclic) bond motifs is 3. The Kier molecular flexibility index (Phi) is 5.00. The number of halogens is 1. The topological polar surface area (TPSA) is 115 Å². The third kappa shape index (κ3) is 3.44. The predicted molar refractivity (Wildman–Crippen MR) is 113 cm³/mol. The van der Waals surface area contributed by atoms with E-state index in [4.69, 9.17) is 10.5 Å². The van der Waals surface area contributed by atoms with Crippen molar-refractivity contribution in [2.45, 2.75) is 37.5 Å². The molecule has 10 heteroatoms. The molecule has 0 saturated carbocycles. The minimum absolute atomic E-state index is 0.0132. The number of benzene rings is 1. The molecule has 0 unspecified atom stereocenters. The van der Waals surface area contributed by atoms with Crippen molar-refractivity contribution < 1.29 is 22.3 Å². The highest BCUT2D eigenvalue weighted by atomic mass is 32.2. The minimum Gasteiger partial charge on any atom is -0.493 e. The van der Waals surface area contributed by atoms with E-state index in [0.29, 0.717) is 22.4 Å². The number of carbonyl (C=O) groups excluding carboxylic acids is 1. The number of nitrogens with zero attached hydrogens (tertiary/aromatic N) is 3. The molecule has 0 aliphatic carbocycles. The van der Waals surface area contributed by atoms with E-state index in [2.05, 4.69) is 9.98 Å². The molecule has 0 radical (unpaired) electrons. The number of guanidine groups is 1. The van der Waals surface area contributed by atoms with Gasteiger partial charge in [0.2, 0.25) is 16.0 Å². The molecule has 31 heavy (non-hydrogen) atoms. The van der Waals surface area contributed by atoms with Crippen LogP contribution in [0.5, 0.6) is 5.75 Å². The fraction of sp³-hybridized carbons (Fsp3) is 0.381. The van der Waals surface area contributed by atoms with Crippen LogP contribution in [0.1, 0.15) is 40.5 Å². The van der Waals surface area contributed by atoms with Crippen LogP contribution in [0.4, 0.5) is 4.39 Å². The number of hydrogen-bond donors (Lipinski definition) is 1. The smallest absolute Gasteiger partial charge is 0.242 e. The van der Waals surface area contributed by atoms with Crippen LogP contribution in [0, 0.1) is 12.7 Å². The first-order chi connectivity index (χ1) is 14.5. The maximum absolute atomic E-state index is 13.3. The van der Waals surface area contributed by atoms with Crippen molar-refractivity contribution >= 4 is 21.8 Å². The van der Waals surface area contributed by atoms with Gasteiger partial charge in [-0.3, -0.25) is 4.79 Å². The van der Waals surface area contributed by atoms with Crippen LogP contribution in [0.25, 0.3) is 0 Å². The molecule has 2 N–H and O–H groups in total. The van der Waals surface area contributed by atoms with E-state index in [1.807, 2.05) is 0 Å². The number of hydrogen-bond acceptors (Lipinski definition) is 7. The number of Topliss-reactive ketones (excluding diaryl/α,β-unsaturated/α-hetero) is 1. The minimum atomic E-state index is -3.74. The van der Waals surface area contributed by atoms with E-state index >= 15 is 0 Å². The van der Waals surface area contributed by atoms with Crippen molar-refractivity contribution in [1.82, 2.24) is 9.29 Å². The van der Waals surface area contributed by atoms with Gasteiger partial charge >= 0.3 is 0 Å². The van der Waals surface area contributed by atoms with Gasteiger partial charge in [0.05, 0.1) is 12.8 Å². The Labute approximate surface area is 180 Å². The largest absolute Gasteiger partial charge is 0.493 e. The molecule has 0 spiro atoms. The summed E-state index contributed by atoms with van der Waals surface area (Å²) in [5.41, 5.74) is 6.63. The standard InChI is InChI=1S/C21H23FN4O4S/c1-12-8-14(22)11-24-19(12)16(27)10-13-4-5-17-15(9-13)21(2)18(6-7-30-17)31(28,29)26(3)20(23)25-21/h4-5,8-9,11,18H,6-7,10H2,1-3H3,(H2,23,25)/t18-,21-/m1/s1. The SMILES string of the molecule is Cc1cc(F)cnc1C(=O)Cc1ccc2c(c1)[C@@]1(C)N=C(N)N(C)S(=O)(=O)[C@@H]1CCO2. The zero-order valence-corrected chi connectivity index (χ0v) is 18.2. The Morgan fingerprint density at radius 2 is 2.13 bits per heavy atom. The van der Waals surface area contributed by atoms with Gasteiger partial charge in [-0.05, 0) is 43.2 Å². The van der Waals surface area contributed by atoms with Crippen LogP contribution >= 0.6 is 0 Å². The number of pyridine rings is 1.